The van der Waals surface area contributed by atoms with Crippen molar-refractivity contribution in [1.82, 2.24) is 10.2 Å². The number of rotatable bonds is 4. The molecule has 0 unspecified atom stereocenters. The van der Waals surface area contributed by atoms with Crippen molar-refractivity contribution >= 4 is 45.0 Å². The molecule has 1 N–H and O–H groups in total. The topological polar surface area (TPSA) is 78.8 Å². The number of halogens is 2. The molecular weight excluding hydrogens is 409 g/mol. The third kappa shape index (κ3) is 4.54. The first-order chi connectivity index (χ1) is 12.6. The lowest BCUT2D eigenvalue weighted by atomic mass is 9.84. The van der Waals surface area contributed by atoms with E-state index in [9.17, 15) is 13.2 Å². The fourth-order valence-corrected chi connectivity index (χ4v) is 4.03. The molecule has 3 rings (SSSR count). The maximum Gasteiger partial charge on any atom is 0.256 e. The summed E-state index contributed by atoms with van der Waals surface area (Å²) in [5, 5.41) is 3.87. The van der Waals surface area contributed by atoms with Gasteiger partial charge in [0.15, 0.2) is 0 Å². The summed E-state index contributed by atoms with van der Waals surface area (Å²) in [5.74, 6) is 0.0147. The maximum atomic E-state index is 12.5. The number of amidine groups is 1. The highest BCUT2D eigenvalue weighted by atomic mass is 35.5. The molecule has 0 saturated carbocycles. The van der Waals surface area contributed by atoms with Gasteiger partial charge in [0.05, 0.1) is 21.4 Å². The van der Waals surface area contributed by atoms with E-state index in [1.807, 2.05) is 19.9 Å². The van der Waals surface area contributed by atoms with Gasteiger partial charge in [-0.15, -0.1) is 4.40 Å². The molecule has 0 aromatic heterocycles. The zero-order valence-corrected chi connectivity index (χ0v) is 17.2. The summed E-state index contributed by atoms with van der Waals surface area (Å²) in [6, 6.07) is 5.42. The molecule has 0 spiro atoms. The predicted molar refractivity (Wildman–Crippen MR) is 108 cm³/mol. The molecule has 2 heterocycles. The van der Waals surface area contributed by atoms with Crippen molar-refractivity contribution in [2.75, 3.05) is 18.8 Å². The van der Waals surface area contributed by atoms with E-state index in [1.54, 1.807) is 29.3 Å². The van der Waals surface area contributed by atoms with Crippen LogP contribution in [0.5, 0.6) is 0 Å². The van der Waals surface area contributed by atoms with Gasteiger partial charge in [0.25, 0.3) is 15.9 Å². The van der Waals surface area contributed by atoms with Crippen LogP contribution in [0.25, 0.3) is 0 Å². The molecule has 27 heavy (non-hydrogen) atoms. The van der Waals surface area contributed by atoms with Gasteiger partial charge in [-0.3, -0.25) is 4.79 Å². The molecule has 0 fully saturated rings. The molecule has 2 aliphatic rings. The van der Waals surface area contributed by atoms with Crippen molar-refractivity contribution in [2.45, 2.75) is 19.3 Å². The molecule has 0 bridgehead atoms. The van der Waals surface area contributed by atoms with Crippen LogP contribution < -0.4 is 5.32 Å². The van der Waals surface area contributed by atoms with Crippen LogP contribution in [0.4, 0.5) is 0 Å². The van der Waals surface area contributed by atoms with Crippen molar-refractivity contribution < 1.29 is 13.2 Å². The van der Waals surface area contributed by atoms with E-state index in [0.717, 1.165) is 5.56 Å². The zero-order valence-electron chi connectivity index (χ0n) is 14.9. The first kappa shape index (κ1) is 19.9. The number of hydrogen-bond acceptors (Lipinski definition) is 4. The Morgan fingerprint density at radius 2 is 2.00 bits per heavy atom. The highest BCUT2D eigenvalue weighted by Crippen LogP contribution is 2.29. The van der Waals surface area contributed by atoms with E-state index in [-0.39, 0.29) is 23.6 Å². The van der Waals surface area contributed by atoms with E-state index in [1.165, 1.54) is 6.08 Å². The van der Waals surface area contributed by atoms with Gasteiger partial charge < -0.3 is 10.2 Å². The van der Waals surface area contributed by atoms with Crippen LogP contribution >= 0.6 is 23.2 Å². The average molecular weight is 428 g/mol. The molecule has 0 aliphatic carbocycles. The molecule has 1 aromatic rings. The van der Waals surface area contributed by atoms with Crippen molar-refractivity contribution in [2.24, 2.45) is 4.40 Å². The molecule has 0 radical (unpaired) electrons. The second-order valence-corrected chi connectivity index (χ2v) is 9.61. The van der Waals surface area contributed by atoms with Gasteiger partial charge in [-0.2, -0.15) is 0 Å². The number of hydrogen-bond donors (Lipinski definition) is 1. The first-order valence-electron chi connectivity index (χ1n) is 8.30. The number of benzene rings is 1. The van der Waals surface area contributed by atoms with Gasteiger partial charge in [0.1, 0.15) is 5.84 Å². The third-order valence-corrected chi connectivity index (χ3v) is 6.38. The fourth-order valence-electron chi connectivity index (χ4n) is 2.76. The molecule has 0 saturated heterocycles. The highest BCUT2D eigenvalue weighted by Gasteiger charge is 2.26. The van der Waals surface area contributed by atoms with Crippen LogP contribution in [0.1, 0.15) is 19.4 Å². The summed E-state index contributed by atoms with van der Waals surface area (Å²) in [6.07, 6.45) is 4.72. The van der Waals surface area contributed by atoms with Gasteiger partial charge >= 0.3 is 0 Å². The smallest absolute Gasteiger partial charge is 0.256 e. The largest absolute Gasteiger partial charge is 0.351 e. The summed E-state index contributed by atoms with van der Waals surface area (Å²) >= 11 is 12.1. The number of amides is 1. The number of carbonyl (C=O) groups excluding carboxylic acids is 1. The van der Waals surface area contributed by atoms with Crippen molar-refractivity contribution in [3.8, 4) is 0 Å². The third-order valence-electron chi connectivity index (χ3n) is 4.48. The molecule has 2 aliphatic heterocycles. The molecule has 1 aromatic carbocycles. The van der Waals surface area contributed by atoms with Gasteiger partial charge in [-0.25, -0.2) is 8.42 Å². The van der Waals surface area contributed by atoms with Crippen molar-refractivity contribution in [3.63, 3.8) is 0 Å². The van der Waals surface area contributed by atoms with Crippen LogP contribution in [0.2, 0.25) is 10.0 Å². The Hall–Kier alpha value is -1.83. The molecule has 1 amide bonds. The number of carbonyl (C=O) groups is 1. The Morgan fingerprint density at radius 3 is 2.70 bits per heavy atom. The Balaban J connectivity index is 1.68. The SMILES string of the molecule is CC(C)(CNC(=O)C1=CN2CCS(=O)(=O)N=C2C=C1)c1ccc(Cl)c(Cl)c1. The Labute approximate surface area is 168 Å². The van der Waals surface area contributed by atoms with Gasteiger partial charge in [0.2, 0.25) is 0 Å². The highest BCUT2D eigenvalue weighted by molar-refractivity contribution is 7.90. The number of nitrogens with zero attached hydrogens (tertiary/aromatic N) is 2. The predicted octanol–water partition coefficient (Wildman–Crippen LogP) is 2.88. The van der Waals surface area contributed by atoms with Crippen LogP contribution in [-0.2, 0) is 20.2 Å². The second kappa shape index (κ2) is 7.30. The van der Waals surface area contributed by atoms with E-state index in [4.69, 9.17) is 23.2 Å². The summed E-state index contributed by atoms with van der Waals surface area (Å²) in [4.78, 5) is 14.2. The molecule has 9 heteroatoms. The maximum absolute atomic E-state index is 12.5. The van der Waals surface area contributed by atoms with E-state index >= 15 is 0 Å². The van der Waals surface area contributed by atoms with Crippen LogP contribution in [-0.4, -0.2) is 43.9 Å². The summed E-state index contributed by atoms with van der Waals surface area (Å²) < 4.78 is 26.8. The van der Waals surface area contributed by atoms with E-state index < -0.39 is 10.0 Å². The van der Waals surface area contributed by atoms with E-state index in [0.29, 0.717) is 28.0 Å². The van der Waals surface area contributed by atoms with Crippen LogP contribution in [0.3, 0.4) is 0 Å². The minimum Gasteiger partial charge on any atom is -0.351 e. The number of fused-ring (bicyclic) bond motifs is 1. The van der Waals surface area contributed by atoms with Crippen molar-refractivity contribution in [1.29, 1.82) is 0 Å². The molecule has 144 valence electrons. The Morgan fingerprint density at radius 1 is 1.26 bits per heavy atom. The lowest BCUT2D eigenvalue weighted by Crippen LogP contribution is -2.40. The van der Waals surface area contributed by atoms with Gasteiger partial charge in [-0.05, 0) is 29.8 Å². The number of nitrogens with one attached hydrogen (secondary N) is 1. The van der Waals surface area contributed by atoms with Crippen LogP contribution in [0.15, 0.2) is 46.5 Å². The second-order valence-electron chi connectivity index (χ2n) is 7.04. The summed E-state index contributed by atoms with van der Waals surface area (Å²) in [6.45, 7) is 4.66. The van der Waals surface area contributed by atoms with E-state index in [2.05, 4.69) is 9.71 Å². The minimum atomic E-state index is -3.41. The van der Waals surface area contributed by atoms with Crippen LogP contribution in [0, 0.1) is 0 Å². The Bertz CT molecular complexity index is 982. The lowest BCUT2D eigenvalue weighted by molar-refractivity contribution is -0.117. The fraction of sp³-hybridized carbons (Fsp3) is 0.333. The zero-order chi connectivity index (χ0) is 19.8. The summed E-state index contributed by atoms with van der Waals surface area (Å²) in [7, 11) is -3.41. The Kier molecular flexibility index (Phi) is 5.38. The molecule has 6 nitrogen and oxygen atoms in total. The number of sulfonamides is 1. The lowest BCUT2D eigenvalue weighted by Gasteiger charge is -2.28. The first-order valence-corrected chi connectivity index (χ1v) is 10.7. The average Bonchev–Trinajstić information content (AvgIpc) is 2.61. The molecular formula is C18H19Cl2N3O3S. The van der Waals surface area contributed by atoms with Gasteiger partial charge in [-0.1, -0.05) is 43.1 Å². The normalized spacial score (nSPS) is 18.4. The van der Waals surface area contributed by atoms with Crippen molar-refractivity contribution in [3.05, 3.63) is 57.7 Å². The van der Waals surface area contributed by atoms with Gasteiger partial charge in [0, 0.05) is 24.7 Å². The quantitative estimate of drug-likeness (QED) is 0.800. The molecule has 0 atom stereocenters. The summed E-state index contributed by atoms with van der Waals surface area (Å²) in [5.41, 5.74) is 1.05. The standard InChI is InChI=1S/C18H19Cl2N3O3S/c1-18(2,13-4-5-14(19)15(20)9-13)11-21-17(24)12-3-6-16-22-27(25,26)8-7-23(16)10-12/h3-6,9-10H,7-8,11H2,1-2H3,(H,21,24). The minimum absolute atomic E-state index is 0.0693. The monoisotopic (exact) mass is 427 g/mol.